The van der Waals surface area contributed by atoms with Gasteiger partial charge in [-0.15, -0.1) is 0 Å². The maximum atomic E-state index is 11.9. The number of halogens is 2. The Kier molecular flexibility index (Phi) is 5.52. The number of hydrogen-bond acceptors (Lipinski definition) is 3. The van der Waals surface area contributed by atoms with Crippen LogP contribution in [0, 0.1) is 0 Å². The summed E-state index contributed by atoms with van der Waals surface area (Å²) < 4.78 is 5.54. The van der Waals surface area contributed by atoms with E-state index in [0.29, 0.717) is 41.8 Å². The molecule has 0 aromatic heterocycles. The van der Waals surface area contributed by atoms with Crippen molar-refractivity contribution in [2.75, 3.05) is 19.7 Å². The molecule has 1 fully saturated rings. The third-order valence-corrected chi connectivity index (χ3v) is 3.79. The number of carbonyl (C=O) groups excluding carboxylic acids is 1. The summed E-state index contributed by atoms with van der Waals surface area (Å²) in [5.41, 5.74) is 5.78. The molecule has 1 atom stereocenters. The second-order valence-electron chi connectivity index (χ2n) is 4.92. The first-order valence-corrected chi connectivity index (χ1v) is 7.43. The molecule has 1 amide bonds. The largest absolute Gasteiger partial charge is 0.492 e. The van der Waals surface area contributed by atoms with Crippen molar-refractivity contribution < 1.29 is 9.53 Å². The number of hydrogen-bond donors (Lipinski definition) is 1. The topological polar surface area (TPSA) is 55.6 Å². The molecule has 0 radical (unpaired) electrons. The Morgan fingerprint density at radius 3 is 2.90 bits per heavy atom. The molecule has 1 aliphatic heterocycles. The number of nitrogens with two attached hydrogens (primary N) is 1. The van der Waals surface area contributed by atoms with Gasteiger partial charge in [0, 0.05) is 30.6 Å². The highest BCUT2D eigenvalue weighted by Gasteiger charge is 2.22. The van der Waals surface area contributed by atoms with Gasteiger partial charge >= 0.3 is 0 Å². The zero-order valence-corrected chi connectivity index (χ0v) is 12.7. The molecule has 1 saturated heterocycles. The van der Waals surface area contributed by atoms with Crippen molar-refractivity contribution in [3.63, 3.8) is 0 Å². The molecule has 0 spiro atoms. The standard InChI is InChI=1S/C14H18Cl2N2O2/c15-10-3-4-13(12(16)8-10)20-7-1-2-14(19)18-6-5-11(17)9-18/h3-4,8,11H,1-2,5-7,9,17H2/t11-/m1/s1. The zero-order chi connectivity index (χ0) is 14.5. The van der Waals surface area contributed by atoms with E-state index >= 15 is 0 Å². The van der Waals surface area contributed by atoms with Crippen LogP contribution < -0.4 is 10.5 Å². The van der Waals surface area contributed by atoms with Gasteiger partial charge in [0.15, 0.2) is 0 Å². The molecule has 1 aliphatic rings. The van der Waals surface area contributed by atoms with Gasteiger partial charge in [0.25, 0.3) is 0 Å². The smallest absolute Gasteiger partial charge is 0.222 e. The molecule has 2 rings (SSSR count). The van der Waals surface area contributed by atoms with Crippen LogP contribution in [0.5, 0.6) is 5.75 Å². The van der Waals surface area contributed by atoms with Gasteiger partial charge < -0.3 is 15.4 Å². The number of benzene rings is 1. The van der Waals surface area contributed by atoms with Gasteiger partial charge in [0.1, 0.15) is 5.75 Å². The van der Waals surface area contributed by atoms with Gasteiger partial charge in [0.2, 0.25) is 5.91 Å². The highest BCUT2D eigenvalue weighted by Crippen LogP contribution is 2.27. The maximum Gasteiger partial charge on any atom is 0.222 e. The van der Waals surface area contributed by atoms with Crippen molar-refractivity contribution in [2.24, 2.45) is 5.73 Å². The van der Waals surface area contributed by atoms with Crippen molar-refractivity contribution in [1.29, 1.82) is 0 Å². The van der Waals surface area contributed by atoms with E-state index < -0.39 is 0 Å². The predicted octanol–water partition coefficient (Wildman–Crippen LogP) is 2.71. The van der Waals surface area contributed by atoms with E-state index in [9.17, 15) is 4.79 Å². The highest BCUT2D eigenvalue weighted by atomic mass is 35.5. The first-order chi connectivity index (χ1) is 9.56. The number of likely N-dealkylation sites (tertiary alicyclic amines) is 1. The summed E-state index contributed by atoms with van der Waals surface area (Å²) in [5, 5.41) is 1.05. The lowest BCUT2D eigenvalue weighted by atomic mass is 10.3. The van der Waals surface area contributed by atoms with Gasteiger partial charge in [-0.1, -0.05) is 23.2 Å². The van der Waals surface area contributed by atoms with Crippen LogP contribution in [0.25, 0.3) is 0 Å². The van der Waals surface area contributed by atoms with Crippen molar-refractivity contribution in [3.05, 3.63) is 28.2 Å². The third kappa shape index (κ3) is 4.27. The Balaban J connectivity index is 1.70. The van der Waals surface area contributed by atoms with Gasteiger partial charge in [-0.05, 0) is 31.0 Å². The van der Waals surface area contributed by atoms with Crippen LogP contribution in [0.15, 0.2) is 18.2 Å². The number of nitrogens with zero attached hydrogens (tertiary/aromatic N) is 1. The van der Waals surface area contributed by atoms with Crippen molar-refractivity contribution in [3.8, 4) is 5.75 Å². The lowest BCUT2D eigenvalue weighted by molar-refractivity contribution is -0.130. The average Bonchev–Trinajstić information content (AvgIpc) is 2.83. The van der Waals surface area contributed by atoms with Crippen LogP contribution in [-0.4, -0.2) is 36.5 Å². The summed E-state index contributed by atoms with van der Waals surface area (Å²) in [7, 11) is 0. The van der Waals surface area contributed by atoms with E-state index in [0.717, 1.165) is 13.0 Å². The Hall–Kier alpha value is -0.970. The second-order valence-corrected chi connectivity index (χ2v) is 5.76. The molecular weight excluding hydrogens is 299 g/mol. The third-order valence-electron chi connectivity index (χ3n) is 3.26. The molecule has 6 heteroatoms. The highest BCUT2D eigenvalue weighted by molar-refractivity contribution is 6.35. The Bertz CT molecular complexity index is 482. The van der Waals surface area contributed by atoms with Crippen molar-refractivity contribution in [2.45, 2.75) is 25.3 Å². The Morgan fingerprint density at radius 2 is 2.25 bits per heavy atom. The SMILES string of the molecule is N[C@@H]1CCN(C(=O)CCCOc2ccc(Cl)cc2Cl)C1. The molecule has 0 unspecified atom stereocenters. The van der Waals surface area contributed by atoms with Crippen LogP contribution >= 0.6 is 23.2 Å². The van der Waals surface area contributed by atoms with E-state index in [-0.39, 0.29) is 11.9 Å². The lowest BCUT2D eigenvalue weighted by Gasteiger charge is -2.15. The summed E-state index contributed by atoms with van der Waals surface area (Å²) in [4.78, 5) is 13.7. The molecule has 1 heterocycles. The molecule has 2 N–H and O–H groups in total. The van der Waals surface area contributed by atoms with E-state index in [2.05, 4.69) is 0 Å². The zero-order valence-electron chi connectivity index (χ0n) is 11.1. The van der Waals surface area contributed by atoms with Crippen LogP contribution in [0.4, 0.5) is 0 Å². The molecule has 110 valence electrons. The second kappa shape index (κ2) is 7.16. The van der Waals surface area contributed by atoms with E-state index in [1.165, 1.54) is 0 Å². The van der Waals surface area contributed by atoms with Crippen molar-refractivity contribution >= 4 is 29.1 Å². The number of ether oxygens (including phenoxy) is 1. The maximum absolute atomic E-state index is 11.9. The molecule has 0 aliphatic carbocycles. The van der Waals surface area contributed by atoms with Gasteiger partial charge in [-0.2, -0.15) is 0 Å². The van der Waals surface area contributed by atoms with E-state index in [4.69, 9.17) is 33.7 Å². The van der Waals surface area contributed by atoms with E-state index in [1.54, 1.807) is 18.2 Å². The Labute approximate surface area is 128 Å². The van der Waals surface area contributed by atoms with Crippen LogP contribution in [-0.2, 0) is 4.79 Å². The summed E-state index contributed by atoms with van der Waals surface area (Å²) >= 11 is 11.8. The average molecular weight is 317 g/mol. The molecule has 0 bridgehead atoms. The van der Waals surface area contributed by atoms with Crippen LogP contribution in [0.1, 0.15) is 19.3 Å². The fraction of sp³-hybridized carbons (Fsp3) is 0.500. The lowest BCUT2D eigenvalue weighted by Crippen LogP contribution is -2.31. The number of amides is 1. The fourth-order valence-electron chi connectivity index (χ4n) is 2.17. The molecule has 1 aromatic carbocycles. The summed E-state index contributed by atoms with van der Waals surface area (Å²) in [6.07, 6.45) is 2.02. The Morgan fingerprint density at radius 1 is 1.45 bits per heavy atom. The molecule has 1 aromatic rings. The van der Waals surface area contributed by atoms with Crippen LogP contribution in [0.3, 0.4) is 0 Å². The molecule has 20 heavy (non-hydrogen) atoms. The molecular formula is C14H18Cl2N2O2. The normalized spacial score (nSPS) is 18.4. The first-order valence-electron chi connectivity index (χ1n) is 6.67. The monoisotopic (exact) mass is 316 g/mol. The summed E-state index contributed by atoms with van der Waals surface area (Å²) in [6.45, 7) is 1.89. The fourth-order valence-corrected chi connectivity index (χ4v) is 2.63. The summed E-state index contributed by atoms with van der Waals surface area (Å²) in [5.74, 6) is 0.732. The molecule has 0 saturated carbocycles. The van der Waals surface area contributed by atoms with Crippen molar-refractivity contribution in [1.82, 2.24) is 4.90 Å². The van der Waals surface area contributed by atoms with Crippen LogP contribution in [0.2, 0.25) is 10.0 Å². The predicted molar refractivity (Wildman–Crippen MR) is 80.4 cm³/mol. The summed E-state index contributed by atoms with van der Waals surface area (Å²) in [6, 6.07) is 5.21. The number of carbonyl (C=O) groups is 1. The van der Waals surface area contributed by atoms with Gasteiger partial charge in [-0.25, -0.2) is 0 Å². The van der Waals surface area contributed by atoms with E-state index in [1.807, 2.05) is 4.90 Å². The minimum absolute atomic E-state index is 0.128. The first kappa shape index (κ1) is 15.4. The minimum Gasteiger partial charge on any atom is -0.492 e. The number of rotatable bonds is 5. The molecule has 4 nitrogen and oxygen atoms in total. The van der Waals surface area contributed by atoms with Gasteiger partial charge in [-0.3, -0.25) is 4.79 Å². The van der Waals surface area contributed by atoms with Gasteiger partial charge in [0.05, 0.1) is 11.6 Å². The minimum atomic E-state index is 0.128. The quantitative estimate of drug-likeness (QED) is 0.850.